The van der Waals surface area contributed by atoms with Gasteiger partial charge in [-0.3, -0.25) is 5.32 Å². The summed E-state index contributed by atoms with van der Waals surface area (Å²) in [4.78, 5) is 13.5. The van der Waals surface area contributed by atoms with Gasteiger partial charge in [0.2, 0.25) is 0 Å². The minimum absolute atomic E-state index is 0.291. The molecule has 1 aromatic carbocycles. The quantitative estimate of drug-likeness (QED) is 0.835. The predicted octanol–water partition coefficient (Wildman–Crippen LogP) is 3.46. The first-order valence-electron chi connectivity index (χ1n) is 8.44. The van der Waals surface area contributed by atoms with Crippen LogP contribution in [0.2, 0.25) is 0 Å². The van der Waals surface area contributed by atoms with E-state index in [1.807, 2.05) is 6.07 Å². The topological polar surface area (TPSA) is 52.6 Å². The number of benzene rings is 1. The Morgan fingerprint density at radius 1 is 1.36 bits per heavy atom. The molecule has 2 fully saturated rings. The van der Waals surface area contributed by atoms with Crippen LogP contribution in [-0.2, 0) is 11.8 Å². The number of amides is 1. The van der Waals surface area contributed by atoms with E-state index in [1.54, 1.807) is 0 Å². The van der Waals surface area contributed by atoms with Gasteiger partial charge in [-0.25, -0.2) is 4.79 Å². The van der Waals surface area contributed by atoms with Crippen molar-refractivity contribution < 1.29 is 9.90 Å². The third-order valence-electron chi connectivity index (χ3n) is 6.37. The van der Waals surface area contributed by atoms with Gasteiger partial charge >= 0.3 is 6.09 Å². The molecule has 4 nitrogen and oxygen atoms in total. The Kier molecular flexibility index (Phi) is 3.19. The molecule has 2 bridgehead atoms. The number of carbonyl (C=O) groups is 1. The fourth-order valence-electron chi connectivity index (χ4n) is 5.40. The Morgan fingerprint density at radius 2 is 2.23 bits per heavy atom. The Balaban J connectivity index is 1.82. The van der Waals surface area contributed by atoms with Crippen LogP contribution >= 0.6 is 0 Å². The predicted molar refractivity (Wildman–Crippen MR) is 86.5 cm³/mol. The van der Waals surface area contributed by atoms with E-state index in [9.17, 15) is 4.79 Å². The third-order valence-corrected chi connectivity index (χ3v) is 6.37. The van der Waals surface area contributed by atoms with Gasteiger partial charge in [0.15, 0.2) is 0 Å². The molecule has 118 valence electrons. The second-order valence-electron chi connectivity index (χ2n) is 7.31. The summed E-state index contributed by atoms with van der Waals surface area (Å²) in [5.74, 6) is 0.743. The van der Waals surface area contributed by atoms with Gasteiger partial charge in [0.05, 0.1) is 0 Å². The van der Waals surface area contributed by atoms with Crippen LogP contribution in [0, 0.1) is 5.92 Å². The smallest absolute Gasteiger partial charge is 0.409 e. The lowest BCUT2D eigenvalue weighted by Gasteiger charge is -2.58. The number of piperidine rings is 1. The number of anilines is 1. The third kappa shape index (κ3) is 1.97. The van der Waals surface area contributed by atoms with E-state index < -0.39 is 6.09 Å². The largest absolute Gasteiger partial charge is 0.465 e. The van der Waals surface area contributed by atoms with Crippen LogP contribution in [0.4, 0.5) is 10.5 Å². The lowest BCUT2D eigenvalue weighted by atomic mass is 9.52. The molecule has 1 heterocycles. The first-order chi connectivity index (χ1) is 10.6. The van der Waals surface area contributed by atoms with Crippen LogP contribution in [0.15, 0.2) is 18.2 Å². The highest BCUT2D eigenvalue weighted by Crippen LogP contribution is 2.55. The molecule has 1 saturated heterocycles. The molecule has 1 amide bonds. The van der Waals surface area contributed by atoms with Crippen LogP contribution in [0.3, 0.4) is 0 Å². The first kappa shape index (κ1) is 14.1. The Hall–Kier alpha value is -1.55. The van der Waals surface area contributed by atoms with Gasteiger partial charge in [-0.05, 0) is 68.5 Å². The molecule has 4 heteroatoms. The number of hydrogen-bond acceptors (Lipinski definition) is 2. The maximum atomic E-state index is 11.0. The number of likely N-dealkylation sites (N-methyl/N-ethyl adjacent to an activating group) is 1. The van der Waals surface area contributed by atoms with Crippen molar-refractivity contribution in [3.63, 3.8) is 0 Å². The van der Waals surface area contributed by atoms with Crippen molar-refractivity contribution in [2.75, 3.05) is 18.9 Å². The molecule has 0 unspecified atom stereocenters. The van der Waals surface area contributed by atoms with Crippen LogP contribution in [0.5, 0.6) is 0 Å². The Morgan fingerprint density at radius 3 is 3.05 bits per heavy atom. The van der Waals surface area contributed by atoms with Crippen molar-refractivity contribution in [2.24, 2.45) is 5.92 Å². The average Bonchev–Trinajstić information content (AvgIpc) is 2.51. The van der Waals surface area contributed by atoms with Crippen molar-refractivity contribution in [3.8, 4) is 0 Å². The number of likely N-dealkylation sites (tertiary alicyclic amines) is 1. The molecule has 3 atom stereocenters. The molecule has 0 spiro atoms. The van der Waals surface area contributed by atoms with Gasteiger partial charge in [-0.15, -0.1) is 0 Å². The zero-order valence-corrected chi connectivity index (χ0v) is 13.1. The highest BCUT2D eigenvalue weighted by atomic mass is 16.4. The summed E-state index contributed by atoms with van der Waals surface area (Å²) in [6, 6.07) is 6.87. The van der Waals surface area contributed by atoms with Crippen molar-refractivity contribution in [1.29, 1.82) is 0 Å². The van der Waals surface area contributed by atoms with Gasteiger partial charge in [0.25, 0.3) is 0 Å². The molecule has 0 aromatic heterocycles. The van der Waals surface area contributed by atoms with E-state index in [-0.39, 0.29) is 0 Å². The van der Waals surface area contributed by atoms with Crippen LogP contribution in [0.1, 0.15) is 43.2 Å². The standard InChI is InChI=1S/C18H24N2O2/c1-20-9-8-18-7-3-2-4-14(18)16(20)10-12-5-6-13(11-15(12)18)19-17(21)22/h5-6,11,14,16,19H,2-4,7-10H2,1H3,(H,21,22)/t14-,16+,18+/m0/s1. The second kappa shape index (κ2) is 4.98. The fraction of sp³-hybridized carbons (Fsp3) is 0.611. The number of hydrogen-bond donors (Lipinski definition) is 2. The van der Waals surface area contributed by atoms with E-state index in [0.717, 1.165) is 24.6 Å². The molecule has 2 aliphatic carbocycles. The van der Waals surface area contributed by atoms with Gasteiger partial charge in [0.1, 0.15) is 0 Å². The minimum Gasteiger partial charge on any atom is -0.465 e. The summed E-state index contributed by atoms with van der Waals surface area (Å²) in [6.07, 6.45) is 6.60. The van der Waals surface area contributed by atoms with Gasteiger partial charge in [-0.2, -0.15) is 0 Å². The van der Waals surface area contributed by atoms with E-state index >= 15 is 0 Å². The lowest BCUT2D eigenvalue weighted by molar-refractivity contribution is 0.00290. The van der Waals surface area contributed by atoms with E-state index in [0.29, 0.717) is 11.5 Å². The molecule has 2 N–H and O–H groups in total. The molecule has 0 radical (unpaired) electrons. The highest BCUT2D eigenvalue weighted by molar-refractivity contribution is 5.83. The summed E-state index contributed by atoms with van der Waals surface area (Å²) in [5.41, 5.74) is 3.89. The molecule has 22 heavy (non-hydrogen) atoms. The van der Waals surface area contributed by atoms with Crippen LogP contribution in [-0.4, -0.2) is 35.7 Å². The molecule has 1 aromatic rings. The van der Waals surface area contributed by atoms with Gasteiger partial charge in [0, 0.05) is 17.1 Å². The van der Waals surface area contributed by atoms with Crippen molar-refractivity contribution in [2.45, 2.75) is 50.0 Å². The number of rotatable bonds is 1. The Labute approximate surface area is 131 Å². The zero-order valence-electron chi connectivity index (χ0n) is 13.1. The SMILES string of the molecule is CN1CC[C@]23CCCC[C@H]2[C@H]1Cc1ccc(NC(=O)O)cc13. The summed E-state index contributed by atoms with van der Waals surface area (Å²) < 4.78 is 0. The molecule has 1 aliphatic heterocycles. The van der Waals surface area contributed by atoms with E-state index in [1.165, 1.54) is 43.2 Å². The molecule has 4 rings (SSSR count). The summed E-state index contributed by atoms with van der Waals surface area (Å²) >= 11 is 0. The van der Waals surface area contributed by atoms with Crippen LogP contribution < -0.4 is 5.32 Å². The number of carboxylic acid groups (broad SMARTS) is 1. The van der Waals surface area contributed by atoms with Gasteiger partial charge < -0.3 is 10.0 Å². The fourth-order valence-corrected chi connectivity index (χ4v) is 5.40. The Bertz CT molecular complexity index is 615. The van der Waals surface area contributed by atoms with E-state index in [2.05, 4.69) is 29.4 Å². The number of nitrogens with zero attached hydrogens (tertiary/aromatic N) is 1. The molecular weight excluding hydrogens is 276 g/mol. The molecule has 3 aliphatic rings. The molecule has 1 saturated carbocycles. The monoisotopic (exact) mass is 300 g/mol. The average molecular weight is 300 g/mol. The maximum Gasteiger partial charge on any atom is 0.409 e. The molecular formula is C18H24N2O2. The highest BCUT2D eigenvalue weighted by Gasteiger charge is 2.52. The van der Waals surface area contributed by atoms with E-state index in [4.69, 9.17) is 5.11 Å². The normalized spacial score (nSPS) is 33.7. The van der Waals surface area contributed by atoms with Crippen molar-refractivity contribution in [1.82, 2.24) is 4.90 Å². The first-order valence-corrected chi connectivity index (χ1v) is 8.44. The number of fused-ring (bicyclic) bond motifs is 1. The van der Waals surface area contributed by atoms with Crippen molar-refractivity contribution in [3.05, 3.63) is 29.3 Å². The number of nitrogens with one attached hydrogen (secondary N) is 1. The second-order valence-corrected chi connectivity index (χ2v) is 7.31. The zero-order chi connectivity index (χ0) is 15.3. The van der Waals surface area contributed by atoms with Gasteiger partial charge in [-0.1, -0.05) is 18.9 Å². The summed E-state index contributed by atoms with van der Waals surface area (Å²) in [5, 5.41) is 11.5. The van der Waals surface area contributed by atoms with Crippen LogP contribution in [0.25, 0.3) is 0 Å². The summed E-state index contributed by atoms with van der Waals surface area (Å²) in [7, 11) is 2.27. The maximum absolute atomic E-state index is 11.0. The lowest BCUT2D eigenvalue weighted by Crippen LogP contribution is -2.59. The van der Waals surface area contributed by atoms with Crippen molar-refractivity contribution >= 4 is 11.8 Å². The minimum atomic E-state index is -0.977. The summed E-state index contributed by atoms with van der Waals surface area (Å²) in [6.45, 7) is 1.16.